The second-order valence-corrected chi connectivity index (χ2v) is 7.69. The highest BCUT2D eigenvalue weighted by Crippen LogP contribution is 2.27. The van der Waals surface area contributed by atoms with Gasteiger partial charge in [0.1, 0.15) is 0 Å². The fraction of sp³-hybridized carbons (Fsp3) is 0.778. The predicted octanol–water partition coefficient (Wildman–Crippen LogP) is 2.64. The van der Waals surface area contributed by atoms with Crippen molar-refractivity contribution in [1.29, 1.82) is 0 Å². The van der Waals surface area contributed by atoms with E-state index in [4.69, 9.17) is 10.7 Å². The third-order valence-electron chi connectivity index (χ3n) is 2.29. The summed E-state index contributed by atoms with van der Waals surface area (Å²) in [5, 5.41) is 0. The maximum Gasteiger partial charge on any atom is 0.236 e. The second kappa shape index (κ2) is 5.42. The lowest BCUT2D eigenvalue weighted by Crippen LogP contribution is -2.12. The van der Waals surface area contributed by atoms with Gasteiger partial charge in [-0.05, 0) is 36.7 Å². The lowest BCUT2D eigenvalue weighted by molar-refractivity contribution is 0.486. The SMILES string of the molecule is C=C(CC1CCSCC1)CS(=O)(=O)Cl. The van der Waals surface area contributed by atoms with Crippen LogP contribution in [0.2, 0.25) is 0 Å². The van der Waals surface area contributed by atoms with Gasteiger partial charge in [-0.25, -0.2) is 8.42 Å². The third kappa shape index (κ3) is 5.27. The number of rotatable bonds is 4. The van der Waals surface area contributed by atoms with Gasteiger partial charge in [0, 0.05) is 10.7 Å². The van der Waals surface area contributed by atoms with Crippen LogP contribution in [-0.2, 0) is 9.05 Å². The smallest absolute Gasteiger partial charge is 0.212 e. The van der Waals surface area contributed by atoms with Gasteiger partial charge in [-0.1, -0.05) is 12.2 Å². The molecule has 1 fully saturated rings. The van der Waals surface area contributed by atoms with Gasteiger partial charge in [-0.3, -0.25) is 0 Å². The van der Waals surface area contributed by atoms with Crippen molar-refractivity contribution in [2.24, 2.45) is 5.92 Å². The molecule has 1 saturated heterocycles. The molecule has 82 valence electrons. The highest BCUT2D eigenvalue weighted by Gasteiger charge is 2.16. The normalized spacial score (nSPS) is 19.5. The van der Waals surface area contributed by atoms with E-state index in [1.165, 1.54) is 24.3 Å². The van der Waals surface area contributed by atoms with E-state index in [0.717, 1.165) is 12.0 Å². The van der Waals surface area contributed by atoms with Crippen LogP contribution in [0.25, 0.3) is 0 Å². The Balaban J connectivity index is 2.32. The van der Waals surface area contributed by atoms with Gasteiger partial charge in [-0.15, -0.1) is 0 Å². The highest BCUT2D eigenvalue weighted by atomic mass is 35.7. The first kappa shape index (κ1) is 12.4. The molecule has 0 saturated carbocycles. The van der Waals surface area contributed by atoms with Gasteiger partial charge in [-0.2, -0.15) is 11.8 Å². The molecule has 0 bridgehead atoms. The molecule has 0 atom stereocenters. The molecule has 0 radical (unpaired) electrons. The van der Waals surface area contributed by atoms with E-state index in [2.05, 4.69) is 6.58 Å². The Morgan fingerprint density at radius 1 is 1.43 bits per heavy atom. The minimum atomic E-state index is -3.41. The van der Waals surface area contributed by atoms with Crippen LogP contribution in [0, 0.1) is 5.92 Å². The summed E-state index contributed by atoms with van der Waals surface area (Å²) in [6, 6.07) is 0. The Morgan fingerprint density at radius 2 is 2.00 bits per heavy atom. The first-order valence-electron chi connectivity index (χ1n) is 4.64. The number of thioether (sulfide) groups is 1. The Kier molecular flexibility index (Phi) is 4.80. The van der Waals surface area contributed by atoms with Crippen LogP contribution < -0.4 is 0 Å². The quantitative estimate of drug-likeness (QED) is 0.571. The summed E-state index contributed by atoms with van der Waals surface area (Å²) in [5.74, 6) is 2.91. The average molecular weight is 255 g/mol. The minimum Gasteiger partial charge on any atom is -0.212 e. The summed E-state index contributed by atoms with van der Waals surface area (Å²) in [4.78, 5) is 0. The first-order chi connectivity index (χ1) is 6.47. The molecule has 0 aromatic carbocycles. The van der Waals surface area contributed by atoms with Gasteiger partial charge in [0.25, 0.3) is 0 Å². The molecule has 0 aromatic rings. The van der Waals surface area contributed by atoms with Gasteiger partial charge < -0.3 is 0 Å². The summed E-state index contributed by atoms with van der Waals surface area (Å²) in [7, 11) is 1.75. The molecule has 1 aliphatic rings. The van der Waals surface area contributed by atoms with Crippen molar-refractivity contribution in [2.75, 3.05) is 17.3 Å². The van der Waals surface area contributed by atoms with Crippen molar-refractivity contribution in [1.82, 2.24) is 0 Å². The number of hydrogen-bond donors (Lipinski definition) is 0. The van der Waals surface area contributed by atoms with Crippen molar-refractivity contribution in [3.8, 4) is 0 Å². The summed E-state index contributed by atoms with van der Waals surface area (Å²) in [5.41, 5.74) is 0.747. The zero-order chi connectivity index (χ0) is 10.6. The van der Waals surface area contributed by atoms with E-state index in [-0.39, 0.29) is 5.75 Å². The zero-order valence-corrected chi connectivity index (χ0v) is 10.4. The molecule has 5 heteroatoms. The van der Waals surface area contributed by atoms with Crippen LogP contribution in [0.15, 0.2) is 12.2 Å². The molecule has 0 N–H and O–H groups in total. The topological polar surface area (TPSA) is 34.1 Å². The zero-order valence-electron chi connectivity index (χ0n) is 8.04. The molecule has 2 nitrogen and oxygen atoms in total. The van der Waals surface area contributed by atoms with E-state index < -0.39 is 9.05 Å². The van der Waals surface area contributed by atoms with E-state index in [1.807, 2.05) is 11.8 Å². The van der Waals surface area contributed by atoms with Crippen LogP contribution in [0.1, 0.15) is 19.3 Å². The lowest BCUT2D eigenvalue weighted by atomic mass is 9.95. The standard InChI is InChI=1S/C9H15ClO2S2/c1-8(7-14(10,11)12)6-9-2-4-13-5-3-9/h9H,1-7H2. The Morgan fingerprint density at radius 3 is 2.50 bits per heavy atom. The van der Waals surface area contributed by atoms with Crippen molar-refractivity contribution in [2.45, 2.75) is 19.3 Å². The van der Waals surface area contributed by atoms with Gasteiger partial charge >= 0.3 is 0 Å². The fourth-order valence-electron chi connectivity index (χ4n) is 1.66. The lowest BCUT2D eigenvalue weighted by Gasteiger charge is -2.21. The van der Waals surface area contributed by atoms with Crippen LogP contribution in [-0.4, -0.2) is 25.7 Å². The average Bonchev–Trinajstić information content (AvgIpc) is 2.02. The third-order valence-corrected chi connectivity index (χ3v) is 4.42. The van der Waals surface area contributed by atoms with Crippen LogP contribution in [0.4, 0.5) is 0 Å². The highest BCUT2D eigenvalue weighted by molar-refractivity contribution is 8.13. The van der Waals surface area contributed by atoms with E-state index in [1.54, 1.807) is 0 Å². The minimum absolute atomic E-state index is 0.0712. The Bertz CT molecular complexity index is 292. The molecule has 14 heavy (non-hydrogen) atoms. The first-order valence-corrected chi connectivity index (χ1v) is 8.27. The maximum atomic E-state index is 10.8. The molecule has 1 heterocycles. The van der Waals surface area contributed by atoms with E-state index in [0.29, 0.717) is 5.92 Å². The summed E-state index contributed by atoms with van der Waals surface area (Å²) >= 11 is 1.96. The van der Waals surface area contributed by atoms with Crippen LogP contribution in [0.5, 0.6) is 0 Å². The summed E-state index contributed by atoms with van der Waals surface area (Å²) in [6.07, 6.45) is 3.16. The van der Waals surface area contributed by atoms with Gasteiger partial charge in [0.2, 0.25) is 9.05 Å². The van der Waals surface area contributed by atoms with Crippen molar-refractivity contribution in [3.05, 3.63) is 12.2 Å². The maximum absolute atomic E-state index is 10.8. The van der Waals surface area contributed by atoms with Crippen LogP contribution in [0.3, 0.4) is 0 Å². The molecule has 1 aliphatic heterocycles. The van der Waals surface area contributed by atoms with Gasteiger partial charge in [0.05, 0.1) is 5.75 Å². The largest absolute Gasteiger partial charge is 0.236 e. The number of halogens is 1. The summed E-state index contributed by atoms with van der Waals surface area (Å²) < 4.78 is 21.6. The van der Waals surface area contributed by atoms with Crippen molar-refractivity contribution < 1.29 is 8.42 Å². The summed E-state index contributed by atoms with van der Waals surface area (Å²) in [6.45, 7) is 3.76. The molecule has 0 aromatic heterocycles. The Hall–Kier alpha value is 0.330. The molecule has 0 amide bonds. The predicted molar refractivity (Wildman–Crippen MR) is 63.4 cm³/mol. The molecule has 0 aliphatic carbocycles. The fourth-order valence-corrected chi connectivity index (χ4v) is 3.93. The monoisotopic (exact) mass is 254 g/mol. The second-order valence-electron chi connectivity index (χ2n) is 3.69. The van der Waals surface area contributed by atoms with Gasteiger partial charge in [0.15, 0.2) is 0 Å². The molecular formula is C9H15ClO2S2. The molecule has 0 spiro atoms. The van der Waals surface area contributed by atoms with E-state index in [9.17, 15) is 8.42 Å². The molecule has 0 unspecified atom stereocenters. The van der Waals surface area contributed by atoms with E-state index >= 15 is 0 Å². The molecule has 1 rings (SSSR count). The van der Waals surface area contributed by atoms with Crippen LogP contribution >= 0.6 is 22.4 Å². The van der Waals surface area contributed by atoms with Crippen molar-refractivity contribution in [3.63, 3.8) is 0 Å². The number of hydrogen-bond acceptors (Lipinski definition) is 3. The Labute approximate surface area is 94.5 Å². The molecular weight excluding hydrogens is 240 g/mol. The van der Waals surface area contributed by atoms with Crippen molar-refractivity contribution >= 4 is 31.5 Å².